The van der Waals surface area contributed by atoms with Crippen molar-refractivity contribution < 1.29 is 18.3 Å². The number of hydrogen-bond donors (Lipinski definition) is 1. The van der Waals surface area contributed by atoms with Crippen LogP contribution in [0, 0.1) is 19.7 Å². The summed E-state index contributed by atoms with van der Waals surface area (Å²) in [4.78, 5) is 12.5. The number of halogens is 1. The van der Waals surface area contributed by atoms with Crippen LogP contribution < -0.4 is 10.1 Å². The number of nitrogens with one attached hydrogen (secondary N) is 1. The highest BCUT2D eigenvalue weighted by Gasteiger charge is 2.22. The second kappa shape index (κ2) is 8.64. The van der Waals surface area contributed by atoms with Gasteiger partial charge in [0.15, 0.2) is 6.10 Å². The Morgan fingerprint density at radius 2 is 1.93 bits per heavy atom. The Morgan fingerprint density at radius 3 is 2.55 bits per heavy atom. The molecule has 0 radical (unpaired) electrons. The Morgan fingerprint density at radius 1 is 1.24 bits per heavy atom. The van der Waals surface area contributed by atoms with Crippen LogP contribution >= 0.6 is 11.8 Å². The number of benzene rings is 1. The Bertz CT molecular complexity index is 1000. The van der Waals surface area contributed by atoms with Gasteiger partial charge in [-0.3, -0.25) is 9.48 Å². The zero-order valence-electron chi connectivity index (χ0n) is 16.8. The maximum absolute atomic E-state index is 13.0. The highest BCUT2D eigenvalue weighted by atomic mass is 32.2. The maximum Gasteiger partial charge on any atom is 0.277 e. The number of ether oxygens (including phenoxy) is 1. The molecule has 1 N–H and O–H groups in total. The van der Waals surface area contributed by atoms with Gasteiger partial charge < -0.3 is 14.5 Å². The van der Waals surface area contributed by atoms with E-state index >= 15 is 0 Å². The number of hydrogen-bond acceptors (Lipinski definition) is 7. The number of nitrogens with zero attached hydrogens (tertiary/aromatic N) is 4. The molecular weight excluding hydrogens is 397 g/mol. The second-order valence-corrected chi connectivity index (χ2v) is 7.83. The fourth-order valence-corrected chi connectivity index (χ4v) is 3.27. The van der Waals surface area contributed by atoms with Crippen LogP contribution in [0.3, 0.4) is 0 Å². The minimum Gasteiger partial charge on any atom is -0.481 e. The summed E-state index contributed by atoms with van der Waals surface area (Å²) in [5.41, 5.74) is 2.33. The fraction of sp³-hybridized carbons (Fsp3) is 0.368. The number of carbonyl (C=O) groups excluding carboxylic acids is 1. The molecular formula is C19H22FN5O3S. The molecule has 0 fully saturated rings. The lowest BCUT2D eigenvalue weighted by Crippen LogP contribution is -2.23. The smallest absolute Gasteiger partial charge is 0.277 e. The van der Waals surface area contributed by atoms with E-state index in [1.165, 1.54) is 24.3 Å². The van der Waals surface area contributed by atoms with Crippen molar-refractivity contribution in [3.05, 3.63) is 47.4 Å². The van der Waals surface area contributed by atoms with E-state index < -0.39 is 11.4 Å². The van der Waals surface area contributed by atoms with Gasteiger partial charge in [-0.05, 0) is 52.0 Å². The molecule has 2 atom stereocenters. The van der Waals surface area contributed by atoms with Crippen LogP contribution in [0.5, 0.6) is 5.75 Å². The van der Waals surface area contributed by atoms with Crippen molar-refractivity contribution in [2.24, 2.45) is 7.05 Å². The number of rotatable bonds is 7. The molecule has 3 aromatic rings. The molecule has 2 aromatic heterocycles. The van der Waals surface area contributed by atoms with Crippen molar-refractivity contribution in [1.29, 1.82) is 0 Å². The van der Waals surface area contributed by atoms with E-state index in [-0.39, 0.29) is 22.8 Å². The first-order valence-electron chi connectivity index (χ1n) is 8.98. The van der Waals surface area contributed by atoms with Crippen LogP contribution in [0.25, 0.3) is 0 Å². The lowest BCUT2D eigenvalue weighted by Gasteiger charge is -2.11. The summed E-state index contributed by atoms with van der Waals surface area (Å²) in [6.45, 7) is 7.23. The first-order chi connectivity index (χ1) is 13.7. The van der Waals surface area contributed by atoms with Gasteiger partial charge in [0.05, 0.1) is 22.3 Å². The molecule has 8 nitrogen and oxygen atoms in total. The number of aromatic nitrogens is 4. The van der Waals surface area contributed by atoms with Crippen LogP contribution in [0.4, 0.5) is 10.1 Å². The maximum atomic E-state index is 13.0. The molecule has 1 aromatic carbocycles. The Kier molecular flexibility index (Phi) is 6.21. The standard InChI is InChI=1S/C19H22FN5O3S/c1-10-16(11(2)25(5)24-10)21-17(26)13(4)29-19-23-22-18(28-19)12(3)27-15-8-6-14(20)7-9-15/h6-9,12-13H,1-5H3,(H,21,26)/t12-,13+/m0/s1. The van der Waals surface area contributed by atoms with Crippen LogP contribution in [-0.2, 0) is 11.8 Å². The Balaban J connectivity index is 1.59. The average Bonchev–Trinajstić information content (AvgIpc) is 3.23. The third-order valence-corrected chi connectivity index (χ3v) is 5.23. The quantitative estimate of drug-likeness (QED) is 0.582. The molecule has 10 heteroatoms. The lowest BCUT2D eigenvalue weighted by atomic mass is 10.3. The highest BCUT2D eigenvalue weighted by molar-refractivity contribution is 8.00. The van der Waals surface area contributed by atoms with Gasteiger partial charge in [0.25, 0.3) is 11.1 Å². The van der Waals surface area contributed by atoms with Gasteiger partial charge in [-0.2, -0.15) is 5.10 Å². The predicted octanol–water partition coefficient (Wildman–Crippen LogP) is 3.82. The topological polar surface area (TPSA) is 95.1 Å². The van der Waals surface area contributed by atoms with Crippen LogP contribution in [-0.4, -0.2) is 31.1 Å². The van der Waals surface area contributed by atoms with Gasteiger partial charge >= 0.3 is 0 Å². The van der Waals surface area contributed by atoms with E-state index in [4.69, 9.17) is 9.15 Å². The predicted molar refractivity (Wildman–Crippen MR) is 106 cm³/mol. The summed E-state index contributed by atoms with van der Waals surface area (Å²) in [6, 6.07) is 5.66. The van der Waals surface area contributed by atoms with Gasteiger partial charge in [0.1, 0.15) is 11.6 Å². The zero-order chi connectivity index (χ0) is 21.1. The Labute approximate surface area is 171 Å². The molecule has 0 aliphatic carbocycles. The zero-order valence-corrected chi connectivity index (χ0v) is 17.6. The molecule has 0 unspecified atom stereocenters. The van der Waals surface area contributed by atoms with Crippen molar-refractivity contribution in [2.75, 3.05) is 5.32 Å². The molecule has 0 spiro atoms. The molecule has 1 amide bonds. The number of amides is 1. The molecule has 0 saturated heterocycles. The van der Waals surface area contributed by atoms with Gasteiger partial charge in [0.2, 0.25) is 5.91 Å². The van der Waals surface area contributed by atoms with Crippen LogP contribution in [0.1, 0.15) is 37.2 Å². The molecule has 2 heterocycles. The first kappa shape index (κ1) is 20.8. The monoisotopic (exact) mass is 419 g/mol. The summed E-state index contributed by atoms with van der Waals surface area (Å²) >= 11 is 1.15. The second-order valence-electron chi connectivity index (χ2n) is 6.54. The lowest BCUT2D eigenvalue weighted by molar-refractivity contribution is -0.115. The molecule has 154 valence electrons. The van der Waals surface area contributed by atoms with E-state index in [2.05, 4.69) is 20.6 Å². The first-order valence-corrected chi connectivity index (χ1v) is 9.86. The summed E-state index contributed by atoms with van der Waals surface area (Å²) in [5.74, 6) is 0.222. The molecule has 0 saturated carbocycles. The number of thioether (sulfide) groups is 1. The Hall–Kier alpha value is -2.88. The highest BCUT2D eigenvalue weighted by Crippen LogP contribution is 2.27. The van der Waals surface area contributed by atoms with Crippen molar-refractivity contribution >= 4 is 23.4 Å². The van der Waals surface area contributed by atoms with Crippen LogP contribution in [0.15, 0.2) is 33.9 Å². The minimum absolute atomic E-state index is 0.190. The van der Waals surface area contributed by atoms with Gasteiger partial charge in [-0.1, -0.05) is 11.8 Å². The largest absolute Gasteiger partial charge is 0.481 e. The summed E-state index contributed by atoms with van der Waals surface area (Å²) in [5, 5.41) is 14.9. The fourth-order valence-electron chi connectivity index (χ4n) is 2.58. The molecule has 0 bridgehead atoms. The van der Waals surface area contributed by atoms with Crippen molar-refractivity contribution in [3.63, 3.8) is 0 Å². The van der Waals surface area contributed by atoms with Crippen molar-refractivity contribution in [3.8, 4) is 5.75 Å². The number of carbonyl (C=O) groups is 1. The van der Waals surface area contributed by atoms with Gasteiger partial charge in [0, 0.05) is 7.05 Å². The van der Waals surface area contributed by atoms with Crippen molar-refractivity contribution in [2.45, 2.75) is 44.3 Å². The van der Waals surface area contributed by atoms with E-state index in [1.54, 1.807) is 18.5 Å². The van der Waals surface area contributed by atoms with E-state index in [1.807, 2.05) is 20.9 Å². The summed E-state index contributed by atoms with van der Waals surface area (Å²) < 4.78 is 26.0. The number of aryl methyl sites for hydroxylation is 2. The van der Waals surface area contributed by atoms with Crippen LogP contribution in [0.2, 0.25) is 0 Å². The van der Waals surface area contributed by atoms with E-state index in [0.717, 1.165) is 23.1 Å². The van der Waals surface area contributed by atoms with E-state index in [9.17, 15) is 9.18 Å². The van der Waals surface area contributed by atoms with Gasteiger partial charge in [-0.15, -0.1) is 10.2 Å². The number of anilines is 1. The third kappa shape index (κ3) is 4.94. The minimum atomic E-state index is -0.521. The SMILES string of the molecule is Cc1nn(C)c(C)c1NC(=O)[C@@H](C)Sc1nnc([C@H](C)Oc2ccc(F)cc2)o1. The molecule has 29 heavy (non-hydrogen) atoms. The third-order valence-electron chi connectivity index (χ3n) is 4.30. The van der Waals surface area contributed by atoms with Crippen molar-refractivity contribution in [1.82, 2.24) is 20.0 Å². The van der Waals surface area contributed by atoms with Gasteiger partial charge in [-0.25, -0.2) is 4.39 Å². The molecule has 0 aliphatic heterocycles. The average molecular weight is 419 g/mol. The summed E-state index contributed by atoms with van der Waals surface area (Å²) in [6.07, 6.45) is -0.521. The van der Waals surface area contributed by atoms with E-state index in [0.29, 0.717) is 11.4 Å². The summed E-state index contributed by atoms with van der Waals surface area (Å²) in [7, 11) is 1.82. The molecule has 3 rings (SSSR count). The molecule has 0 aliphatic rings. The normalized spacial score (nSPS) is 13.2.